The molecule has 8 heteroatoms. The maximum atomic E-state index is 12.4. The normalized spacial score (nSPS) is 18.1. The molecule has 0 aliphatic heterocycles. The molecule has 118 valence electrons. The van der Waals surface area contributed by atoms with E-state index in [9.17, 15) is 18.0 Å². The summed E-state index contributed by atoms with van der Waals surface area (Å²) in [4.78, 5) is 26.8. The molecule has 2 rings (SSSR count). The summed E-state index contributed by atoms with van der Waals surface area (Å²) in [6, 6.07) is -0.152. The van der Waals surface area contributed by atoms with Crippen LogP contribution in [0, 0.1) is 6.92 Å². The number of aromatic nitrogens is 2. The Labute approximate surface area is 123 Å². The Balaban J connectivity index is 2.26. The van der Waals surface area contributed by atoms with E-state index in [1.54, 1.807) is 0 Å². The Bertz CT molecular complexity index is 697. The van der Waals surface area contributed by atoms with Crippen molar-refractivity contribution in [2.75, 3.05) is 0 Å². The molecule has 1 heterocycles. The second kappa shape index (κ2) is 6.57. The highest BCUT2D eigenvalue weighted by atomic mass is 32.2. The van der Waals surface area contributed by atoms with Crippen LogP contribution in [0.3, 0.4) is 0 Å². The minimum Gasteiger partial charge on any atom is -0.310 e. The predicted molar refractivity (Wildman–Crippen MR) is 78.8 cm³/mol. The van der Waals surface area contributed by atoms with E-state index in [0.717, 1.165) is 38.5 Å². The number of sulfonamides is 1. The molecular formula is C13H21N3O4S. The Kier molecular flexibility index (Phi) is 5.00. The molecule has 0 atom stereocenters. The summed E-state index contributed by atoms with van der Waals surface area (Å²) >= 11 is 0. The first-order valence-electron chi connectivity index (χ1n) is 7.26. The van der Waals surface area contributed by atoms with Gasteiger partial charge in [-0.05, 0) is 19.8 Å². The Morgan fingerprint density at radius 1 is 1.00 bits per heavy atom. The molecule has 0 unspecified atom stereocenters. The fourth-order valence-corrected chi connectivity index (χ4v) is 4.31. The summed E-state index contributed by atoms with van der Waals surface area (Å²) in [7, 11) is -3.93. The van der Waals surface area contributed by atoms with Crippen LogP contribution in [0.1, 0.15) is 50.6 Å². The highest BCUT2D eigenvalue weighted by Crippen LogP contribution is 2.18. The number of H-pyrrole nitrogens is 2. The molecule has 1 aromatic heterocycles. The van der Waals surface area contributed by atoms with Crippen molar-refractivity contribution in [2.24, 2.45) is 0 Å². The van der Waals surface area contributed by atoms with Crippen molar-refractivity contribution in [3.8, 4) is 0 Å². The SMILES string of the molecule is Cc1[nH]c(=O)[nH]c(=O)c1S(=O)(=O)NC1CCCCCCC1. The van der Waals surface area contributed by atoms with E-state index in [1.165, 1.54) is 13.3 Å². The quantitative estimate of drug-likeness (QED) is 0.764. The molecule has 1 aliphatic rings. The standard InChI is InChI=1S/C13H21N3O4S/c1-9-11(12(17)15-13(18)14-9)21(19,20)16-10-7-5-3-2-4-6-8-10/h10,16H,2-8H2,1H3,(H2,14,15,17,18). The topological polar surface area (TPSA) is 112 Å². The fraction of sp³-hybridized carbons (Fsp3) is 0.692. The van der Waals surface area contributed by atoms with Crippen LogP contribution in [0.4, 0.5) is 0 Å². The van der Waals surface area contributed by atoms with Crippen LogP contribution in [-0.2, 0) is 10.0 Å². The molecule has 0 bridgehead atoms. The van der Waals surface area contributed by atoms with Crippen molar-refractivity contribution in [1.82, 2.24) is 14.7 Å². The summed E-state index contributed by atoms with van der Waals surface area (Å²) in [5, 5.41) is 0. The van der Waals surface area contributed by atoms with Crippen LogP contribution in [-0.4, -0.2) is 24.4 Å². The first-order valence-corrected chi connectivity index (χ1v) is 8.74. The number of hydrogen-bond acceptors (Lipinski definition) is 4. The Hall–Kier alpha value is -1.41. The van der Waals surface area contributed by atoms with Gasteiger partial charge in [0.15, 0.2) is 4.90 Å². The van der Waals surface area contributed by atoms with Crippen molar-refractivity contribution in [2.45, 2.75) is 62.8 Å². The van der Waals surface area contributed by atoms with Gasteiger partial charge in [-0.3, -0.25) is 9.78 Å². The summed E-state index contributed by atoms with van der Waals surface area (Å²) in [6.45, 7) is 1.41. The van der Waals surface area contributed by atoms with Gasteiger partial charge in [-0.25, -0.2) is 17.9 Å². The summed E-state index contributed by atoms with van der Waals surface area (Å²) in [5.41, 5.74) is -1.53. The lowest BCUT2D eigenvalue weighted by Crippen LogP contribution is -2.40. The minimum atomic E-state index is -3.93. The van der Waals surface area contributed by atoms with Gasteiger partial charge in [0.2, 0.25) is 10.0 Å². The van der Waals surface area contributed by atoms with E-state index >= 15 is 0 Å². The summed E-state index contributed by atoms with van der Waals surface area (Å²) in [5.74, 6) is 0. The average molecular weight is 315 g/mol. The molecule has 0 spiro atoms. The van der Waals surface area contributed by atoms with Gasteiger partial charge >= 0.3 is 5.69 Å². The number of hydrogen-bond donors (Lipinski definition) is 3. The maximum absolute atomic E-state index is 12.4. The lowest BCUT2D eigenvalue weighted by atomic mass is 9.97. The van der Waals surface area contributed by atoms with Crippen LogP contribution >= 0.6 is 0 Å². The largest absolute Gasteiger partial charge is 0.325 e. The molecule has 0 radical (unpaired) electrons. The van der Waals surface area contributed by atoms with Crippen molar-refractivity contribution < 1.29 is 8.42 Å². The zero-order valence-corrected chi connectivity index (χ0v) is 12.9. The van der Waals surface area contributed by atoms with Crippen LogP contribution < -0.4 is 16.0 Å². The zero-order chi connectivity index (χ0) is 15.5. The number of aryl methyl sites for hydroxylation is 1. The fourth-order valence-electron chi connectivity index (χ4n) is 2.76. The lowest BCUT2D eigenvalue weighted by molar-refractivity contribution is 0.426. The second-order valence-corrected chi connectivity index (χ2v) is 7.18. The third-order valence-corrected chi connectivity index (χ3v) is 5.44. The lowest BCUT2D eigenvalue weighted by Gasteiger charge is -2.21. The van der Waals surface area contributed by atoms with Crippen LogP contribution in [0.15, 0.2) is 14.5 Å². The predicted octanol–water partition coefficient (Wildman–Crippen LogP) is 0.763. The maximum Gasteiger partial charge on any atom is 0.325 e. The summed E-state index contributed by atoms with van der Waals surface area (Å²) < 4.78 is 27.4. The second-order valence-electron chi connectivity index (χ2n) is 5.53. The smallest absolute Gasteiger partial charge is 0.310 e. The van der Waals surface area contributed by atoms with Gasteiger partial charge in [0.25, 0.3) is 5.56 Å². The summed E-state index contributed by atoms with van der Waals surface area (Å²) in [6.07, 6.45) is 6.92. The Morgan fingerprint density at radius 3 is 2.14 bits per heavy atom. The van der Waals surface area contributed by atoms with Gasteiger partial charge < -0.3 is 4.98 Å². The van der Waals surface area contributed by atoms with E-state index in [0.29, 0.717) is 0 Å². The molecule has 0 aromatic carbocycles. The van der Waals surface area contributed by atoms with E-state index in [2.05, 4.69) is 9.71 Å². The van der Waals surface area contributed by atoms with Gasteiger partial charge in [0, 0.05) is 11.7 Å². The molecule has 1 saturated carbocycles. The van der Waals surface area contributed by atoms with Gasteiger partial charge in [0.1, 0.15) is 0 Å². The number of nitrogens with one attached hydrogen (secondary N) is 3. The molecular weight excluding hydrogens is 294 g/mol. The van der Waals surface area contributed by atoms with E-state index in [1.807, 2.05) is 4.98 Å². The van der Waals surface area contributed by atoms with Crippen molar-refractivity contribution in [3.05, 3.63) is 26.5 Å². The molecule has 1 fully saturated rings. The van der Waals surface area contributed by atoms with E-state index in [4.69, 9.17) is 0 Å². The number of rotatable bonds is 3. The molecule has 1 aliphatic carbocycles. The molecule has 1 aromatic rings. The third kappa shape index (κ3) is 4.04. The molecule has 3 N–H and O–H groups in total. The molecule has 7 nitrogen and oxygen atoms in total. The average Bonchev–Trinajstić information content (AvgIpc) is 2.30. The highest BCUT2D eigenvalue weighted by molar-refractivity contribution is 7.89. The first-order chi connectivity index (χ1) is 9.90. The first kappa shape index (κ1) is 16.0. The van der Waals surface area contributed by atoms with Gasteiger partial charge in [-0.15, -0.1) is 0 Å². The van der Waals surface area contributed by atoms with Crippen molar-refractivity contribution >= 4 is 10.0 Å². The van der Waals surface area contributed by atoms with Crippen molar-refractivity contribution in [3.63, 3.8) is 0 Å². The van der Waals surface area contributed by atoms with Crippen molar-refractivity contribution in [1.29, 1.82) is 0 Å². The van der Waals surface area contributed by atoms with Crippen LogP contribution in [0.5, 0.6) is 0 Å². The molecule has 0 saturated heterocycles. The third-order valence-electron chi connectivity index (χ3n) is 3.77. The van der Waals surface area contributed by atoms with E-state index < -0.39 is 26.2 Å². The van der Waals surface area contributed by atoms with Gasteiger partial charge in [0.05, 0.1) is 0 Å². The zero-order valence-electron chi connectivity index (χ0n) is 12.1. The molecule has 0 amide bonds. The molecule has 21 heavy (non-hydrogen) atoms. The monoisotopic (exact) mass is 315 g/mol. The highest BCUT2D eigenvalue weighted by Gasteiger charge is 2.25. The minimum absolute atomic E-state index is 0.0575. The number of aromatic amines is 2. The van der Waals surface area contributed by atoms with Gasteiger partial charge in [-0.1, -0.05) is 32.1 Å². The van der Waals surface area contributed by atoms with Gasteiger partial charge in [-0.2, -0.15) is 0 Å². The van der Waals surface area contributed by atoms with Crippen LogP contribution in [0.25, 0.3) is 0 Å². The Morgan fingerprint density at radius 2 is 1.57 bits per heavy atom. The van der Waals surface area contributed by atoms with E-state index in [-0.39, 0.29) is 11.7 Å². The van der Waals surface area contributed by atoms with Crippen LogP contribution in [0.2, 0.25) is 0 Å².